The first-order chi connectivity index (χ1) is 7.03. The normalized spacial score (nSPS) is 29.3. The molecule has 2 N–H and O–H groups in total. The van der Waals surface area contributed by atoms with Crippen molar-refractivity contribution in [1.82, 2.24) is 5.32 Å². The molecule has 15 heavy (non-hydrogen) atoms. The van der Waals surface area contributed by atoms with E-state index in [0.717, 1.165) is 19.1 Å². The Balaban J connectivity index is 3.00. The van der Waals surface area contributed by atoms with Gasteiger partial charge in [0.25, 0.3) is 5.78 Å². The molecule has 1 aliphatic rings. The highest BCUT2D eigenvalue weighted by Gasteiger charge is 2.48. The molecule has 0 aromatic rings. The quantitative estimate of drug-likeness (QED) is 0.407. The average Bonchev–Trinajstić information content (AvgIpc) is 2.48. The van der Waals surface area contributed by atoms with E-state index in [9.17, 15) is 9.59 Å². The Kier molecular flexibility index (Phi) is 3.21. The highest BCUT2D eigenvalue weighted by Crippen LogP contribution is 2.35. The van der Waals surface area contributed by atoms with Crippen molar-refractivity contribution in [3.8, 4) is 0 Å². The van der Waals surface area contributed by atoms with E-state index < -0.39 is 17.4 Å². The fourth-order valence-electron chi connectivity index (χ4n) is 2.15. The molecule has 6 nitrogen and oxygen atoms in total. The van der Waals surface area contributed by atoms with Crippen molar-refractivity contribution in [2.75, 3.05) is 0 Å². The molecule has 1 fully saturated rings. The topological polar surface area (TPSA) is 103 Å². The van der Waals surface area contributed by atoms with Crippen LogP contribution in [0, 0.1) is 5.92 Å². The standard InChI is InChI=1S/C9H13N3O3/c1-6-3-2-4-9(6,12-8(14)15)7(13)5-11-10/h5-6,12H,2-4H2,1H3,(H,14,15). The molecule has 82 valence electrons. The van der Waals surface area contributed by atoms with Gasteiger partial charge in [-0.25, -0.2) is 4.79 Å². The molecule has 6 heteroatoms. The Morgan fingerprint density at radius 3 is 2.73 bits per heavy atom. The number of carbonyl (C=O) groups is 2. The lowest BCUT2D eigenvalue weighted by Crippen LogP contribution is -2.56. The van der Waals surface area contributed by atoms with Gasteiger partial charge in [0.2, 0.25) is 0 Å². The summed E-state index contributed by atoms with van der Waals surface area (Å²) in [6.45, 7) is 1.81. The fourth-order valence-corrected chi connectivity index (χ4v) is 2.15. The third-order valence-electron chi connectivity index (χ3n) is 2.99. The number of amides is 1. The van der Waals surface area contributed by atoms with Gasteiger partial charge in [0, 0.05) is 0 Å². The maximum atomic E-state index is 11.7. The van der Waals surface area contributed by atoms with E-state index in [2.05, 4.69) is 10.1 Å². The van der Waals surface area contributed by atoms with Crippen LogP contribution >= 0.6 is 0 Å². The number of hydrogen-bond acceptors (Lipinski definition) is 2. The van der Waals surface area contributed by atoms with Crippen LogP contribution in [-0.4, -0.2) is 33.5 Å². The summed E-state index contributed by atoms with van der Waals surface area (Å²) >= 11 is 0. The predicted octanol–water partition coefficient (Wildman–Crippen LogP) is 0.682. The van der Waals surface area contributed by atoms with Crippen molar-refractivity contribution in [2.45, 2.75) is 31.7 Å². The lowest BCUT2D eigenvalue weighted by atomic mass is 9.84. The van der Waals surface area contributed by atoms with Gasteiger partial charge >= 0.3 is 12.3 Å². The van der Waals surface area contributed by atoms with Crippen LogP contribution in [-0.2, 0) is 4.79 Å². The molecule has 2 unspecified atom stereocenters. The first-order valence-electron chi connectivity index (χ1n) is 4.76. The second-order valence-corrected chi connectivity index (χ2v) is 3.80. The Labute approximate surface area is 86.9 Å². The molecular formula is C9H13N3O3. The summed E-state index contributed by atoms with van der Waals surface area (Å²) in [5.41, 5.74) is 7.19. The van der Waals surface area contributed by atoms with Gasteiger partial charge in [-0.1, -0.05) is 13.3 Å². The first kappa shape index (κ1) is 11.4. The third kappa shape index (κ3) is 2.05. The lowest BCUT2D eigenvalue weighted by Gasteiger charge is -2.28. The minimum Gasteiger partial charge on any atom is -0.465 e. The molecule has 0 aromatic heterocycles. The molecule has 0 aliphatic heterocycles. The third-order valence-corrected chi connectivity index (χ3v) is 2.99. The van der Waals surface area contributed by atoms with E-state index in [1.165, 1.54) is 0 Å². The molecule has 1 saturated carbocycles. The molecule has 0 spiro atoms. The molecular weight excluding hydrogens is 198 g/mol. The van der Waals surface area contributed by atoms with E-state index >= 15 is 0 Å². The average molecular weight is 211 g/mol. The van der Waals surface area contributed by atoms with E-state index in [1.54, 1.807) is 0 Å². The van der Waals surface area contributed by atoms with E-state index in [-0.39, 0.29) is 5.92 Å². The monoisotopic (exact) mass is 211 g/mol. The smallest absolute Gasteiger partial charge is 0.405 e. The van der Waals surface area contributed by atoms with Gasteiger partial charge in [0.1, 0.15) is 5.54 Å². The number of nitrogens with one attached hydrogen (secondary N) is 1. The second-order valence-electron chi connectivity index (χ2n) is 3.80. The number of carbonyl (C=O) groups excluding carboxylic acids is 1. The minimum atomic E-state index is -1.23. The van der Waals surface area contributed by atoms with Crippen molar-refractivity contribution in [3.05, 3.63) is 5.53 Å². The molecule has 1 amide bonds. The van der Waals surface area contributed by atoms with Crippen molar-refractivity contribution in [2.24, 2.45) is 5.92 Å². The van der Waals surface area contributed by atoms with Crippen molar-refractivity contribution < 1.29 is 19.5 Å². The Bertz CT molecular complexity index is 335. The van der Waals surface area contributed by atoms with Crippen LogP contribution in [0.15, 0.2) is 0 Å². The lowest BCUT2D eigenvalue weighted by molar-refractivity contribution is -0.123. The van der Waals surface area contributed by atoms with Crippen LogP contribution in [0.1, 0.15) is 26.2 Å². The summed E-state index contributed by atoms with van der Waals surface area (Å²) in [5.74, 6) is -0.573. The Morgan fingerprint density at radius 2 is 2.33 bits per heavy atom. The summed E-state index contributed by atoms with van der Waals surface area (Å²) in [6, 6.07) is 0. The molecule has 0 saturated heterocycles. The van der Waals surface area contributed by atoms with Gasteiger partial charge in [0.15, 0.2) is 0 Å². The Morgan fingerprint density at radius 1 is 1.67 bits per heavy atom. The van der Waals surface area contributed by atoms with Crippen LogP contribution in [0.4, 0.5) is 4.79 Å². The van der Waals surface area contributed by atoms with Gasteiger partial charge in [-0.15, -0.1) is 0 Å². The van der Waals surface area contributed by atoms with Gasteiger partial charge in [-0.05, 0) is 18.8 Å². The summed E-state index contributed by atoms with van der Waals surface area (Å²) < 4.78 is 0. The molecule has 2 atom stereocenters. The van der Waals surface area contributed by atoms with E-state index in [1.807, 2.05) is 6.92 Å². The number of carboxylic acid groups (broad SMARTS) is 1. The van der Waals surface area contributed by atoms with Crippen LogP contribution < -0.4 is 5.32 Å². The molecule has 1 rings (SSSR count). The van der Waals surface area contributed by atoms with Crippen molar-refractivity contribution in [3.63, 3.8) is 0 Å². The number of ketones is 1. The number of hydrogen-bond donors (Lipinski definition) is 2. The molecule has 0 heterocycles. The zero-order valence-corrected chi connectivity index (χ0v) is 8.43. The van der Waals surface area contributed by atoms with Crippen molar-refractivity contribution in [1.29, 1.82) is 0 Å². The van der Waals surface area contributed by atoms with Crippen LogP contribution in [0.25, 0.3) is 5.53 Å². The first-order valence-corrected chi connectivity index (χ1v) is 4.76. The largest absolute Gasteiger partial charge is 0.465 e. The van der Waals surface area contributed by atoms with E-state index in [0.29, 0.717) is 6.42 Å². The zero-order chi connectivity index (χ0) is 11.5. The van der Waals surface area contributed by atoms with Gasteiger partial charge in [-0.3, -0.25) is 4.79 Å². The summed E-state index contributed by atoms with van der Waals surface area (Å²) in [7, 11) is 0. The zero-order valence-electron chi connectivity index (χ0n) is 8.43. The summed E-state index contributed by atoms with van der Waals surface area (Å²) in [5, 5.41) is 11.0. The second kappa shape index (κ2) is 4.23. The predicted molar refractivity (Wildman–Crippen MR) is 51.6 cm³/mol. The minimum absolute atomic E-state index is 0.0842. The van der Waals surface area contributed by atoms with Crippen LogP contribution in [0.5, 0.6) is 0 Å². The van der Waals surface area contributed by atoms with Crippen LogP contribution in [0.2, 0.25) is 0 Å². The molecule has 1 aliphatic carbocycles. The van der Waals surface area contributed by atoms with Crippen molar-refractivity contribution >= 4 is 18.1 Å². The summed E-state index contributed by atoms with van der Waals surface area (Å²) in [6.07, 6.45) is 1.55. The maximum absolute atomic E-state index is 11.7. The Hall–Kier alpha value is -1.68. The number of rotatable bonds is 3. The highest BCUT2D eigenvalue weighted by molar-refractivity contribution is 6.30. The fraction of sp³-hybridized carbons (Fsp3) is 0.667. The summed E-state index contributed by atoms with van der Waals surface area (Å²) in [4.78, 5) is 25.0. The van der Waals surface area contributed by atoms with Gasteiger partial charge in [-0.2, -0.15) is 4.79 Å². The van der Waals surface area contributed by atoms with Gasteiger partial charge in [0.05, 0.1) is 0 Å². The number of nitrogens with zero attached hydrogens (tertiary/aromatic N) is 2. The van der Waals surface area contributed by atoms with Crippen LogP contribution in [0.3, 0.4) is 0 Å². The highest BCUT2D eigenvalue weighted by atomic mass is 16.4. The molecule has 0 radical (unpaired) electrons. The van der Waals surface area contributed by atoms with Gasteiger partial charge < -0.3 is 16.0 Å². The van der Waals surface area contributed by atoms with E-state index in [4.69, 9.17) is 10.6 Å². The maximum Gasteiger partial charge on any atom is 0.405 e. The molecule has 0 aromatic carbocycles. The SMILES string of the molecule is CC1CCCC1(NC(=O)O)C(=O)C=[N+]=[N-]. The number of Topliss-reactive ketones (excluding diaryl/α,β-unsaturated/α-hetero) is 1. The molecule has 0 bridgehead atoms.